The zero-order valence-corrected chi connectivity index (χ0v) is 8.48. The first-order valence-corrected chi connectivity index (χ1v) is 4.62. The first kappa shape index (κ1) is 15.3. The molecule has 4 N–H and O–H groups in total. The van der Waals surface area contributed by atoms with Gasteiger partial charge in [-0.25, -0.2) is 0 Å². The summed E-state index contributed by atoms with van der Waals surface area (Å²) in [5.74, 6) is 0. The molecule has 13 heavy (non-hydrogen) atoms. The van der Waals surface area contributed by atoms with Crippen LogP contribution in [0.4, 0.5) is 0 Å². The van der Waals surface area contributed by atoms with Crippen LogP contribution >= 0.6 is 0 Å². The van der Waals surface area contributed by atoms with Crippen LogP contribution in [0.3, 0.4) is 0 Å². The average Bonchev–Trinajstić information content (AvgIpc) is 2.05. The Morgan fingerprint density at radius 2 is 1.38 bits per heavy atom. The molecule has 2 atom stereocenters. The molecule has 0 aliphatic carbocycles. The summed E-state index contributed by atoms with van der Waals surface area (Å²) in [6.45, 7) is 3.39. The normalized spacial score (nSPS) is 14.3. The molecule has 4 nitrogen and oxygen atoms in total. The molecule has 0 radical (unpaired) electrons. The SMILES string of the molecule is CC(O)CCCCO.CC(O)CO. The third kappa shape index (κ3) is 24.5. The minimum atomic E-state index is -0.560. The maximum atomic E-state index is 8.70. The van der Waals surface area contributed by atoms with E-state index in [4.69, 9.17) is 20.4 Å². The zero-order valence-electron chi connectivity index (χ0n) is 8.48. The van der Waals surface area contributed by atoms with Crippen molar-refractivity contribution in [3.05, 3.63) is 0 Å². The van der Waals surface area contributed by atoms with Gasteiger partial charge in [-0.3, -0.25) is 0 Å². The van der Waals surface area contributed by atoms with Crippen LogP contribution in [0.15, 0.2) is 0 Å². The molecule has 0 rings (SSSR count). The molecule has 0 aliphatic rings. The summed E-state index contributed by atoms with van der Waals surface area (Å²) in [5, 5.41) is 33.0. The predicted octanol–water partition coefficient (Wildman–Crippen LogP) is -0.111. The topological polar surface area (TPSA) is 80.9 Å². The van der Waals surface area contributed by atoms with Crippen molar-refractivity contribution in [3.63, 3.8) is 0 Å². The third-order valence-corrected chi connectivity index (χ3v) is 1.29. The molecular formula is C9H22O4. The summed E-state index contributed by atoms with van der Waals surface area (Å²) in [7, 11) is 0. The molecule has 4 heteroatoms. The van der Waals surface area contributed by atoms with Gasteiger partial charge in [0.2, 0.25) is 0 Å². The number of rotatable bonds is 5. The molecule has 0 saturated heterocycles. The van der Waals surface area contributed by atoms with Crippen molar-refractivity contribution in [1.29, 1.82) is 0 Å². The van der Waals surface area contributed by atoms with Crippen molar-refractivity contribution in [1.82, 2.24) is 0 Å². The Bertz CT molecular complexity index is 83.7. The molecule has 0 aromatic rings. The summed E-state index contributed by atoms with van der Waals surface area (Å²) in [5.41, 5.74) is 0. The van der Waals surface area contributed by atoms with E-state index in [1.54, 1.807) is 6.92 Å². The highest BCUT2D eigenvalue weighted by molar-refractivity contribution is 4.45. The molecule has 0 fully saturated rings. The highest BCUT2D eigenvalue weighted by Gasteiger charge is 1.92. The maximum Gasteiger partial charge on any atom is 0.0742 e. The Hall–Kier alpha value is -0.160. The Balaban J connectivity index is 0. The van der Waals surface area contributed by atoms with Gasteiger partial charge in [-0.2, -0.15) is 0 Å². The standard InChI is InChI=1S/C6H14O2.C3H8O2/c1-6(8)4-2-3-5-7;1-3(5)2-4/h6-8H,2-5H2,1H3;3-5H,2H2,1H3. The minimum Gasteiger partial charge on any atom is -0.396 e. The largest absolute Gasteiger partial charge is 0.396 e. The fraction of sp³-hybridized carbons (Fsp3) is 1.00. The van der Waals surface area contributed by atoms with Gasteiger partial charge < -0.3 is 20.4 Å². The van der Waals surface area contributed by atoms with Gasteiger partial charge in [0.15, 0.2) is 0 Å². The second-order valence-corrected chi connectivity index (χ2v) is 3.10. The lowest BCUT2D eigenvalue weighted by Gasteiger charge is -1.99. The molecule has 0 saturated carbocycles. The van der Waals surface area contributed by atoms with Crippen LogP contribution < -0.4 is 0 Å². The van der Waals surface area contributed by atoms with Gasteiger partial charge in [-0.15, -0.1) is 0 Å². The van der Waals surface area contributed by atoms with E-state index in [1.807, 2.05) is 0 Å². The second-order valence-electron chi connectivity index (χ2n) is 3.10. The van der Waals surface area contributed by atoms with Crippen LogP contribution in [0.5, 0.6) is 0 Å². The quantitative estimate of drug-likeness (QED) is 0.460. The van der Waals surface area contributed by atoms with Crippen molar-refractivity contribution in [2.45, 2.75) is 45.3 Å². The molecule has 0 heterocycles. The Morgan fingerprint density at radius 1 is 0.923 bits per heavy atom. The second kappa shape index (κ2) is 11.8. The van der Waals surface area contributed by atoms with Crippen LogP contribution in [-0.2, 0) is 0 Å². The van der Waals surface area contributed by atoms with Crippen molar-refractivity contribution < 1.29 is 20.4 Å². The van der Waals surface area contributed by atoms with Gasteiger partial charge in [0.05, 0.1) is 18.8 Å². The van der Waals surface area contributed by atoms with Gasteiger partial charge in [0.1, 0.15) is 0 Å². The first-order chi connectivity index (χ1) is 6.04. The van der Waals surface area contributed by atoms with Crippen molar-refractivity contribution in [3.8, 4) is 0 Å². The molecule has 0 spiro atoms. The third-order valence-electron chi connectivity index (χ3n) is 1.29. The van der Waals surface area contributed by atoms with Crippen LogP contribution in [0.2, 0.25) is 0 Å². The highest BCUT2D eigenvalue weighted by Crippen LogP contribution is 1.97. The van der Waals surface area contributed by atoms with Crippen molar-refractivity contribution in [2.75, 3.05) is 13.2 Å². The van der Waals surface area contributed by atoms with E-state index in [9.17, 15) is 0 Å². The number of unbranched alkanes of at least 4 members (excludes halogenated alkanes) is 1. The van der Waals surface area contributed by atoms with E-state index in [-0.39, 0.29) is 19.3 Å². The fourth-order valence-electron chi connectivity index (χ4n) is 0.552. The summed E-state index contributed by atoms with van der Waals surface area (Å²) in [4.78, 5) is 0. The van der Waals surface area contributed by atoms with Gasteiger partial charge in [-0.1, -0.05) is 0 Å². The monoisotopic (exact) mass is 194 g/mol. The molecule has 82 valence electrons. The molecule has 0 aromatic carbocycles. The lowest BCUT2D eigenvalue weighted by atomic mass is 10.2. The minimum absolute atomic E-state index is 0.139. The lowest BCUT2D eigenvalue weighted by molar-refractivity contribution is 0.110. The zero-order chi connectivity index (χ0) is 10.7. The van der Waals surface area contributed by atoms with E-state index < -0.39 is 6.10 Å². The Morgan fingerprint density at radius 3 is 1.62 bits per heavy atom. The van der Waals surface area contributed by atoms with E-state index >= 15 is 0 Å². The fourth-order valence-corrected chi connectivity index (χ4v) is 0.552. The van der Waals surface area contributed by atoms with Crippen molar-refractivity contribution >= 4 is 0 Å². The van der Waals surface area contributed by atoms with E-state index in [0.29, 0.717) is 0 Å². The van der Waals surface area contributed by atoms with Gasteiger partial charge in [0.25, 0.3) is 0 Å². The van der Waals surface area contributed by atoms with Crippen LogP contribution in [-0.4, -0.2) is 45.8 Å². The molecular weight excluding hydrogens is 172 g/mol. The molecule has 0 aromatic heterocycles. The molecule has 0 bridgehead atoms. The van der Waals surface area contributed by atoms with Gasteiger partial charge in [0, 0.05) is 6.61 Å². The van der Waals surface area contributed by atoms with Gasteiger partial charge >= 0.3 is 0 Å². The summed E-state index contributed by atoms with van der Waals surface area (Å²) < 4.78 is 0. The number of aliphatic hydroxyl groups excluding tert-OH is 4. The van der Waals surface area contributed by atoms with Crippen LogP contribution in [0, 0.1) is 0 Å². The summed E-state index contributed by atoms with van der Waals surface area (Å²) >= 11 is 0. The first-order valence-electron chi connectivity index (χ1n) is 4.62. The maximum absolute atomic E-state index is 8.70. The van der Waals surface area contributed by atoms with Gasteiger partial charge in [-0.05, 0) is 33.1 Å². The number of hydrogen-bond acceptors (Lipinski definition) is 4. The van der Waals surface area contributed by atoms with E-state index in [2.05, 4.69) is 0 Å². The van der Waals surface area contributed by atoms with E-state index in [0.717, 1.165) is 19.3 Å². The summed E-state index contributed by atoms with van der Waals surface area (Å²) in [6.07, 6.45) is 1.77. The number of aliphatic hydroxyl groups is 4. The Labute approximate surface area is 79.8 Å². The summed E-state index contributed by atoms with van der Waals surface area (Å²) in [6, 6.07) is 0. The smallest absolute Gasteiger partial charge is 0.0742 e. The van der Waals surface area contributed by atoms with E-state index in [1.165, 1.54) is 6.92 Å². The highest BCUT2D eigenvalue weighted by atomic mass is 16.3. The molecule has 0 aliphatic heterocycles. The van der Waals surface area contributed by atoms with Crippen molar-refractivity contribution in [2.24, 2.45) is 0 Å². The Kier molecular flexibility index (Phi) is 14.0. The number of hydrogen-bond donors (Lipinski definition) is 4. The average molecular weight is 194 g/mol. The molecule has 0 amide bonds. The predicted molar refractivity (Wildman–Crippen MR) is 51.4 cm³/mol. The van der Waals surface area contributed by atoms with Crippen LogP contribution in [0.1, 0.15) is 33.1 Å². The molecule has 2 unspecified atom stereocenters. The lowest BCUT2D eigenvalue weighted by Crippen LogP contribution is -2.03. The van der Waals surface area contributed by atoms with Crippen LogP contribution in [0.25, 0.3) is 0 Å².